The summed E-state index contributed by atoms with van der Waals surface area (Å²) in [5.41, 5.74) is 5.28. The summed E-state index contributed by atoms with van der Waals surface area (Å²) < 4.78 is 0. The van der Waals surface area contributed by atoms with Crippen molar-refractivity contribution in [2.24, 2.45) is 0 Å². The third kappa shape index (κ3) is 5.26. The van der Waals surface area contributed by atoms with Crippen molar-refractivity contribution in [2.45, 2.75) is 39.5 Å². The molecule has 0 saturated carbocycles. The number of nitrogens with one attached hydrogen (secondary N) is 1. The van der Waals surface area contributed by atoms with E-state index in [0.717, 1.165) is 30.6 Å². The zero-order valence-corrected chi connectivity index (χ0v) is 12.0. The van der Waals surface area contributed by atoms with E-state index >= 15 is 0 Å². The average molecular weight is 260 g/mol. The molecule has 1 aromatic rings. The second-order valence-corrected chi connectivity index (χ2v) is 4.66. The lowest BCUT2D eigenvalue weighted by Crippen LogP contribution is -2.43. The molecule has 0 aliphatic carbocycles. The first-order valence-corrected chi connectivity index (χ1v) is 6.93. The topological polar surface area (TPSA) is 32.3 Å². The number of nitrogens with zero attached hydrogens (tertiary/aromatic N) is 1. The number of carbonyl (C=O) groups excluding carboxylic acids is 1. The number of allylic oxidation sites excluding steroid dienone is 1. The molecule has 0 unspecified atom stereocenters. The van der Waals surface area contributed by atoms with E-state index in [4.69, 9.17) is 0 Å². The van der Waals surface area contributed by atoms with E-state index in [1.807, 2.05) is 31.2 Å². The molecular weight excluding hydrogens is 236 g/mol. The average Bonchev–Trinajstić information content (AvgIpc) is 2.41. The minimum absolute atomic E-state index is 0.0848. The van der Waals surface area contributed by atoms with E-state index in [2.05, 4.69) is 18.9 Å². The van der Waals surface area contributed by atoms with Crippen LogP contribution in [-0.4, -0.2) is 12.5 Å². The minimum atomic E-state index is 0.0848. The second kappa shape index (κ2) is 8.48. The molecule has 0 atom stereocenters. The predicted octanol–water partition coefficient (Wildman–Crippen LogP) is 3.60. The van der Waals surface area contributed by atoms with Gasteiger partial charge in [0.25, 0.3) is 0 Å². The summed E-state index contributed by atoms with van der Waals surface area (Å²) in [6, 6.07) is 7.98. The number of hydrogen-bond donors (Lipinski definition) is 1. The van der Waals surface area contributed by atoms with Crippen LogP contribution in [0.15, 0.2) is 36.9 Å². The standard InChI is InChI=1S/C16H24N2O/c1-4-6-11-16(19)18(17-12-7-5-2)15-10-8-9-14(3)13-15/h4,8-10,13,17H,1,5-7,11-12H2,2-3H3. The normalized spacial score (nSPS) is 10.2. The zero-order chi connectivity index (χ0) is 14.1. The lowest BCUT2D eigenvalue weighted by molar-refractivity contribution is -0.119. The maximum absolute atomic E-state index is 12.2. The summed E-state index contributed by atoms with van der Waals surface area (Å²) in [5, 5.41) is 1.67. The van der Waals surface area contributed by atoms with Crippen LogP contribution in [0.5, 0.6) is 0 Å². The SMILES string of the molecule is C=CCCC(=O)N(NCCCC)c1cccc(C)c1. The largest absolute Gasteiger partial charge is 0.273 e. The Bertz CT molecular complexity index is 415. The lowest BCUT2D eigenvalue weighted by Gasteiger charge is -2.24. The molecule has 0 aromatic heterocycles. The quantitative estimate of drug-likeness (QED) is 0.440. The highest BCUT2D eigenvalue weighted by atomic mass is 16.2. The summed E-state index contributed by atoms with van der Waals surface area (Å²) in [7, 11) is 0. The Morgan fingerprint density at radius 1 is 1.47 bits per heavy atom. The van der Waals surface area contributed by atoms with Crippen LogP contribution < -0.4 is 10.4 Å². The van der Waals surface area contributed by atoms with Crippen molar-refractivity contribution >= 4 is 11.6 Å². The molecule has 1 N–H and O–H groups in total. The first-order valence-electron chi connectivity index (χ1n) is 6.93. The third-order valence-electron chi connectivity index (χ3n) is 2.87. The summed E-state index contributed by atoms with van der Waals surface area (Å²) in [4.78, 5) is 12.2. The van der Waals surface area contributed by atoms with Crippen LogP contribution in [0.25, 0.3) is 0 Å². The van der Waals surface area contributed by atoms with Gasteiger partial charge >= 0.3 is 0 Å². The van der Waals surface area contributed by atoms with Crippen LogP contribution in [0.4, 0.5) is 5.69 Å². The Hall–Kier alpha value is -1.61. The van der Waals surface area contributed by atoms with Gasteiger partial charge in [-0.1, -0.05) is 31.6 Å². The summed E-state index contributed by atoms with van der Waals surface area (Å²) in [6.07, 6.45) is 5.12. The highest BCUT2D eigenvalue weighted by Crippen LogP contribution is 2.15. The smallest absolute Gasteiger partial charge is 0.241 e. The van der Waals surface area contributed by atoms with Gasteiger partial charge in [-0.05, 0) is 37.5 Å². The van der Waals surface area contributed by atoms with Gasteiger partial charge in [0, 0.05) is 13.0 Å². The predicted molar refractivity (Wildman–Crippen MR) is 81.0 cm³/mol. The van der Waals surface area contributed by atoms with Crippen LogP contribution in [-0.2, 0) is 4.79 Å². The molecule has 0 aliphatic heterocycles. The molecule has 0 heterocycles. The molecule has 1 aromatic carbocycles. The van der Waals surface area contributed by atoms with E-state index in [1.165, 1.54) is 0 Å². The van der Waals surface area contributed by atoms with Gasteiger partial charge in [0.1, 0.15) is 0 Å². The molecule has 0 radical (unpaired) electrons. The zero-order valence-electron chi connectivity index (χ0n) is 12.0. The molecule has 3 nitrogen and oxygen atoms in total. The number of rotatable bonds is 8. The Kier molecular flexibility index (Phi) is 6.90. The van der Waals surface area contributed by atoms with E-state index in [0.29, 0.717) is 12.8 Å². The van der Waals surface area contributed by atoms with Crippen molar-refractivity contribution in [3.05, 3.63) is 42.5 Å². The number of benzene rings is 1. The molecule has 104 valence electrons. The summed E-state index contributed by atoms with van der Waals surface area (Å²) in [6.45, 7) is 8.64. The number of hydrogen-bond acceptors (Lipinski definition) is 2. The van der Waals surface area contributed by atoms with Gasteiger partial charge < -0.3 is 0 Å². The van der Waals surface area contributed by atoms with E-state index < -0.39 is 0 Å². The number of carbonyl (C=O) groups is 1. The van der Waals surface area contributed by atoms with Crippen LogP contribution in [0.3, 0.4) is 0 Å². The maximum atomic E-state index is 12.2. The first kappa shape index (κ1) is 15.4. The van der Waals surface area contributed by atoms with E-state index in [-0.39, 0.29) is 5.91 Å². The minimum Gasteiger partial charge on any atom is -0.273 e. The Balaban J connectivity index is 2.78. The maximum Gasteiger partial charge on any atom is 0.241 e. The van der Waals surface area contributed by atoms with Crippen LogP contribution in [0.2, 0.25) is 0 Å². The number of amides is 1. The Labute approximate surface area is 116 Å². The van der Waals surface area contributed by atoms with Crippen LogP contribution >= 0.6 is 0 Å². The number of unbranched alkanes of at least 4 members (excludes halogenated alkanes) is 1. The van der Waals surface area contributed by atoms with Gasteiger partial charge in [-0.2, -0.15) is 0 Å². The van der Waals surface area contributed by atoms with Crippen molar-refractivity contribution in [1.29, 1.82) is 0 Å². The van der Waals surface area contributed by atoms with Gasteiger partial charge in [0.05, 0.1) is 5.69 Å². The van der Waals surface area contributed by atoms with Gasteiger partial charge in [-0.25, -0.2) is 10.4 Å². The van der Waals surface area contributed by atoms with Gasteiger partial charge in [-0.15, -0.1) is 6.58 Å². The van der Waals surface area contributed by atoms with Crippen molar-refractivity contribution in [3.8, 4) is 0 Å². The first-order chi connectivity index (χ1) is 9.19. The Morgan fingerprint density at radius 2 is 2.26 bits per heavy atom. The number of anilines is 1. The van der Waals surface area contributed by atoms with Crippen molar-refractivity contribution < 1.29 is 4.79 Å². The molecule has 19 heavy (non-hydrogen) atoms. The molecule has 1 rings (SSSR count). The Morgan fingerprint density at radius 3 is 2.89 bits per heavy atom. The number of hydrazine groups is 1. The van der Waals surface area contributed by atoms with Crippen LogP contribution in [0.1, 0.15) is 38.2 Å². The second-order valence-electron chi connectivity index (χ2n) is 4.66. The fraction of sp³-hybridized carbons (Fsp3) is 0.438. The highest BCUT2D eigenvalue weighted by Gasteiger charge is 2.14. The number of aryl methyl sites for hydroxylation is 1. The molecule has 0 aliphatic rings. The van der Waals surface area contributed by atoms with Crippen molar-refractivity contribution in [3.63, 3.8) is 0 Å². The molecule has 0 saturated heterocycles. The molecule has 0 bridgehead atoms. The summed E-state index contributed by atoms with van der Waals surface area (Å²) >= 11 is 0. The van der Waals surface area contributed by atoms with Gasteiger partial charge in [0.15, 0.2) is 0 Å². The molecule has 0 fully saturated rings. The molecule has 3 heteroatoms. The van der Waals surface area contributed by atoms with Crippen molar-refractivity contribution in [2.75, 3.05) is 11.6 Å². The molecular formula is C16H24N2O. The van der Waals surface area contributed by atoms with Crippen LogP contribution in [0, 0.1) is 6.92 Å². The fourth-order valence-corrected chi connectivity index (χ4v) is 1.80. The summed E-state index contributed by atoms with van der Waals surface area (Å²) in [5.74, 6) is 0.0848. The van der Waals surface area contributed by atoms with Gasteiger partial charge in [-0.3, -0.25) is 4.79 Å². The fourth-order valence-electron chi connectivity index (χ4n) is 1.80. The third-order valence-corrected chi connectivity index (χ3v) is 2.87. The van der Waals surface area contributed by atoms with E-state index in [9.17, 15) is 4.79 Å². The highest BCUT2D eigenvalue weighted by molar-refractivity contribution is 5.92. The molecule has 1 amide bonds. The van der Waals surface area contributed by atoms with Crippen molar-refractivity contribution in [1.82, 2.24) is 5.43 Å². The lowest BCUT2D eigenvalue weighted by atomic mass is 10.2. The monoisotopic (exact) mass is 260 g/mol. The van der Waals surface area contributed by atoms with Gasteiger partial charge in [0.2, 0.25) is 5.91 Å². The van der Waals surface area contributed by atoms with E-state index in [1.54, 1.807) is 11.1 Å². The molecule has 0 spiro atoms.